The minimum absolute atomic E-state index is 0.0884. The average molecular weight is 288 g/mol. The van der Waals surface area contributed by atoms with Crippen molar-refractivity contribution < 1.29 is 4.79 Å². The van der Waals surface area contributed by atoms with Gasteiger partial charge in [-0.25, -0.2) is 4.98 Å². The number of nitrogens with zero attached hydrogens (tertiary/aromatic N) is 1. The smallest absolute Gasteiger partial charge is 0.220 e. The molecule has 0 aliphatic carbocycles. The van der Waals surface area contributed by atoms with Gasteiger partial charge in [0, 0.05) is 17.4 Å². The predicted octanol–water partition coefficient (Wildman–Crippen LogP) is 3.78. The zero-order valence-electron chi connectivity index (χ0n) is 12.1. The third-order valence-corrected chi connectivity index (χ3v) is 3.91. The third-order valence-electron chi connectivity index (χ3n) is 2.99. The Bertz CT molecular complexity index is 590. The number of aryl methyl sites for hydroxylation is 1. The van der Waals surface area contributed by atoms with E-state index in [0.29, 0.717) is 18.9 Å². The number of benzene rings is 1. The molecule has 0 radical (unpaired) electrons. The van der Waals surface area contributed by atoms with Gasteiger partial charge in [0.1, 0.15) is 5.01 Å². The molecule has 2 rings (SSSR count). The van der Waals surface area contributed by atoms with Crippen LogP contribution < -0.4 is 5.32 Å². The van der Waals surface area contributed by atoms with Crippen LogP contribution in [0.5, 0.6) is 0 Å². The number of hydrogen-bond acceptors (Lipinski definition) is 3. The summed E-state index contributed by atoms with van der Waals surface area (Å²) in [6.07, 6.45) is 0.564. The number of rotatable bonds is 5. The third kappa shape index (κ3) is 3.90. The van der Waals surface area contributed by atoms with E-state index < -0.39 is 0 Å². The standard InChI is InChI=1S/C16H20N2OS/c1-11(2)8-15(19)17-9-13-10-20-16(18-13)14-7-5-4-6-12(14)3/h4-7,10-11H,8-9H2,1-3H3,(H,17,19). The molecule has 0 spiro atoms. The summed E-state index contributed by atoms with van der Waals surface area (Å²) in [7, 11) is 0. The lowest BCUT2D eigenvalue weighted by molar-refractivity contribution is -0.121. The molecule has 0 unspecified atom stereocenters. The second-order valence-corrected chi connectivity index (χ2v) is 6.19. The quantitative estimate of drug-likeness (QED) is 0.909. The summed E-state index contributed by atoms with van der Waals surface area (Å²) in [5.74, 6) is 0.471. The van der Waals surface area contributed by atoms with E-state index >= 15 is 0 Å². The summed E-state index contributed by atoms with van der Waals surface area (Å²) >= 11 is 1.62. The van der Waals surface area contributed by atoms with E-state index in [2.05, 4.69) is 29.4 Å². The van der Waals surface area contributed by atoms with Crippen molar-refractivity contribution in [3.8, 4) is 10.6 Å². The molecule has 2 aromatic rings. The topological polar surface area (TPSA) is 42.0 Å². The van der Waals surface area contributed by atoms with Gasteiger partial charge in [-0.1, -0.05) is 38.1 Å². The molecule has 0 saturated carbocycles. The van der Waals surface area contributed by atoms with Crippen molar-refractivity contribution in [1.29, 1.82) is 0 Å². The lowest BCUT2D eigenvalue weighted by Gasteiger charge is -2.05. The van der Waals surface area contributed by atoms with Crippen LogP contribution in [-0.2, 0) is 11.3 Å². The SMILES string of the molecule is Cc1ccccc1-c1nc(CNC(=O)CC(C)C)cs1. The Labute approximate surface area is 124 Å². The van der Waals surface area contributed by atoms with Crippen LogP contribution in [0.1, 0.15) is 31.5 Å². The van der Waals surface area contributed by atoms with E-state index in [4.69, 9.17) is 0 Å². The number of nitrogens with one attached hydrogen (secondary N) is 1. The Morgan fingerprint density at radius 3 is 2.80 bits per heavy atom. The largest absolute Gasteiger partial charge is 0.350 e. The second-order valence-electron chi connectivity index (χ2n) is 5.33. The van der Waals surface area contributed by atoms with Gasteiger partial charge in [-0.05, 0) is 18.4 Å². The molecule has 1 amide bonds. The van der Waals surface area contributed by atoms with Crippen LogP contribution in [0.2, 0.25) is 0 Å². The second kappa shape index (κ2) is 6.66. The van der Waals surface area contributed by atoms with Crippen LogP contribution in [0.15, 0.2) is 29.6 Å². The summed E-state index contributed by atoms with van der Waals surface area (Å²) in [6, 6.07) is 8.21. The zero-order chi connectivity index (χ0) is 14.5. The molecule has 20 heavy (non-hydrogen) atoms. The normalized spacial score (nSPS) is 10.8. The molecule has 0 atom stereocenters. The van der Waals surface area contributed by atoms with E-state index in [9.17, 15) is 4.79 Å². The van der Waals surface area contributed by atoms with Crippen molar-refractivity contribution in [2.75, 3.05) is 0 Å². The first-order valence-electron chi connectivity index (χ1n) is 6.83. The zero-order valence-corrected chi connectivity index (χ0v) is 13.0. The maximum atomic E-state index is 11.6. The Kier molecular flexibility index (Phi) is 4.90. The lowest BCUT2D eigenvalue weighted by atomic mass is 10.1. The molecular formula is C16H20N2OS. The maximum Gasteiger partial charge on any atom is 0.220 e. The van der Waals surface area contributed by atoms with Gasteiger partial charge in [-0.3, -0.25) is 4.79 Å². The molecule has 106 valence electrons. The van der Waals surface area contributed by atoms with Crippen LogP contribution in [0.4, 0.5) is 0 Å². The van der Waals surface area contributed by atoms with Gasteiger partial charge in [-0.2, -0.15) is 0 Å². The Morgan fingerprint density at radius 2 is 2.10 bits per heavy atom. The summed E-state index contributed by atoms with van der Waals surface area (Å²) in [5, 5.41) is 5.94. The number of amides is 1. The molecule has 1 aromatic carbocycles. The van der Waals surface area contributed by atoms with Crippen molar-refractivity contribution in [1.82, 2.24) is 10.3 Å². The molecule has 1 heterocycles. The lowest BCUT2D eigenvalue weighted by Crippen LogP contribution is -2.24. The van der Waals surface area contributed by atoms with Crippen LogP contribution in [-0.4, -0.2) is 10.9 Å². The molecule has 0 saturated heterocycles. The minimum atomic E-state index is 0.0884. The van der Waals surface area contributed by atoms with Gasteiger partial charge >= 0.3 is 0 Å². The number of carbonyl (C=O) groups is 1. The number of thiazole rings is 1. The maximum absolute atomic E-state index is 11.6. The summed E-state index contributed by atoms with van der Waals surface area (Å²) in [4.78, 5) is 16.2. The molecule has 1 aromatic heterocycles. The van der Waals surface area contributed by atoms with Crippen molar-refractivity contribution in [2.45, 2.75) is 33.7 Å². The number of carbonyl (C=O) groups excluding carboxylic acids is 1. The van der Waals surface area contributed by atoms with Crippen molar-refractivity contribution in [2.24, 2.45) is 5.92 Å². The highest BCUT2D eigenvalue weighted by molar-refractivity contribution is 7.13. The highest BCUT2D eigenvalue weighted by Gasteiger charge is 2.08. The fraction of sp³-hybridized carbons (Fsp3) is 0.375. The van der Waals surface area contributed by atoms with E-state index in [1.54, 1.807) is 11.3 Å². The molecule has 0 bridgehead atoms. The monoisotopic (exact) mass is 288 g/mol. The molecular weight excluding hydrogens is 268 g/mol. The summed E-state index contributed by atoms with van der Waals surface area (Å²) < 4.78 is 0. The Morgan fingerprint density at radius 1 is 1.35 bits per heavy atom. The van der Waals surface area contributed by atoms with E-state index in [1.807, 2.05) is 31.4 Å². The molecule has 4 heteroatoms. The van der Waals surface area contributed by atoms with Crippen molar-refractivity contribution in [3.05, 3.63) is 40.9 Å². The summed E-state index contributed by atoms with van der Waals surface area (Å²) in [5.41, 5.74) is 3.31. The summed E-state index contributed by atoms with van der Waals surface area (Å²) in [6.45, 7) is 6.67. The molecule has 3 nitrogen and oxygen atoms in total. The molecule has 0 aliphatic rings. The molecule has 0 fully saturated rings. The fourth-order valence-electron chi connectivity index (χ4n) is 1.96. The first-order chi connectivity index (χ1) is 9.56. The number of aromatic nitrogens is 1. The molecule has 0 aliphatic heterocycles. The van der Waals surface area contributed by atoms with E-state index in [-0.39, 0.29) is 5.91 Å². The highest BCUT2D eigenvalue weighted by atomic mass is 32.1. The highest BCUT2D eigenvalue weighted by Crippen LogP contribution is 2.26. The minimum Gasteiger partial charge on any atom is -0.350 e. The van der Waals surface area contributed by atoms with Gasteiger partial charge in [0.05, 0.1) is 12.2 Å². The van der Waals surface area contributed by atoms with E-state index in [0.717, 1.165) is 16.3 Å². The van der Waals surface area contributed by atoms with Crippen molar-refractivity contribution in [3.63, 3.8) is 0 Å². The first kappa shape index (κ1) is 14.7. The van der Waals surface area contributed by atoms with Crippen LogP contribution >= 0.6 is 11.3 Å². The van der Waals surface area contributed by atoms with Crippen LogP contribution in [0, 0.1) is 12.8 Å². The first-order valence-corrected chi connectivity index (χ1v) is 7.71. The van der Waals surface area contributed by atoms with Gasteiger partial charge in [0.15, 0.2) is 0 Å². The van der Waals surface area contributed by atoms with E-state index in [1.165, 1.54) is 5.56 Å². The van der Waals surface area contributed by atoms with Gasteiger partial charge < -0.3 is 5.32 Å². The average Bonchev–Trinajstić information content (AvgIpc) is 2.85. The van der Waals surface area contributed by atoms with Crippen LogP contribution in [0.25, 0.3) is 10.6 Å². The number of hydrogen-bond donors (Lipinski definition) is 1. The Hall–Kier alpha value is -1.68. The molecule has 1 N–H and O–H groups in total. The Balaban J connectivity index is 2.00. The van der Waals surface area contributed by atoms with Gasteiger partial charge in [0.2, 0.25) is 5.91 Å². The van der Waals surface area contributed by atoms with Crippen molar-refractivity contribution >= 4 is 17.2 Å². The predicted molar refractivity (Wildman–Crippen MR) is 83.6 cm³/mol. The van der Waals surface area contributed by atoms with Gasteiger partial charge in [-0.15, -0.1) is 11.3 Å². The van der Waals surface area contributed by atoms with Gasteiger partial charge in [0.25, 0.3) is 0 Å². The fourth-order valence-corrected chi connectivity index (χ4v) is 2.87. The van der Waals surface area contributed by atoms with Crippen LogP contribution in [0.3, 0.4) is 0 Å².